The van der Waals surface area contributed by atoms with E-state index in [9.17, 15) is 22.4 Å². The van der Waals surface area contributed by atoms with Crippen molar-refractivity contribution in [1.82, 2.24) is 14.3 Å². The number of amides is 1. The number of aromatic nitrogens is 2. The largest absolute Gasteiger partial charge is 0.331 e. The molecule has 4 aromatic rings. The first-order chi connectivity index (χ1) is 15.6. The molecular formula is C24H22FN3O4S. The summed E-state index contributed by atoms with van der Waals surface area (Å²) in [4.78, 5) is 28.6. The number of nitrogens with one attached hydrogen (secondary N) is 2. The SMILES string of the molecule is Cc1ccc2c(c1)c(-c1ccc[nH]c1=O)c(C(=O)NS(C)(=O)=O)n2Cc1cccc(C)c1F. The molecule has 0 fully saturated rings. The number of carbonyl (C=O) groups excluding carboxylic acids is 1. The minimum atomic E-state index is -3.90. The third-order valence-electron chi connectivity index (χ3n) is 5.40. The van der Waals surface area contributed by atoms with Gasteiger partial charge in [0.2, 0.25) is 10.0 Å². The first-order valence-corrected chi connectivity index (χ1v) is 12.0. The quantitative estimate of drug-likeness (QED) is 0.469. The summed E-state index contributed by atoms with van der Waals surface area (Å²) in [5.74, 6) is -1.32. The van der Waals surface area contributed by atoms with Crippen LogP contribution in [0.3, 0.4) is 0 Å². The molecule has 0 aliphatic rings. The molecule has 0 spiro atoms. The van der Waals surface area contributed by atoms with Crippen molar-refractivity contribution in [1.29, 1.82) is 0 Å². The molecule has 0 saturated heterocycles. The van der Waals surface area contributed by atoms with Crippen LogP contribution in [0.1, 0.15) is 27.2 Å². The van der Waals surface area contributed by atoms with Crippen molar-refractivity contribution in [2.24, 2.45) is 0 Å². The maximum absolute atomic E-state index is 14.9. The fourth-order valence-corrected chi connectivity index (χ4v) is 4.41. The highest BCUT2D eigenvalue weighted by atomic mass is 32.2. The Bertz CT molecular complexity index is 1570. The van der Waals surface area contributed by atoms with E-state index in [4.69, 9.17) is 0 Å². The van der Waals surface area contributed by atoms with Gasteiger partial charge in [-0.3, -0.25) is 9.59 Å². The van der Waals surface area contributed by atoms with Gasteiger partial charge in [0, 0.05) is 33.8 Å². The smallest absolute Gasteiger partial charge is 0.282 e. The van der Waals surface area contributed by atoms with E-state index < -0.39 is 27.3 Å². The first kappa shape index (κ1) is 22.5. The molecule has 0 bridgehead atoms. The average Bonchev–Trinajstić information content (AvgIpc) is 3.04. The van der Waals surface area contributed by atoms with Crippen LogP contribution in [0.15, 0.2) is 59.5 Å². The van der Waals surface area contributed by atoms with Gasteiger partial charge in [0.05, 0.1) is 12.8 Å². The van der Waals surface area contributed by atoms with Crippen LogP contribution in [0.5, 0.6) is 0 Å². The van der Waals surface area contributed by atoms with Gasteiger partial charge < -0.3 is 9.55 Å². The van der Waals surface area contributed by atoms with Crippen LogP contribution >= 0.6 is 0 Å². The normalized spacial score (nSPS) is 11.6. The van der Waals surface area contributed by atoms with Gasteiger partial charge in [-0.2, -0.15) is 0 Å². The Labute approximate surface area is 189 Å². The molecule has 7 nitrogen and oxygen atoms in total. The van der Waals surface area contributed by atoms with Crippen molar-refractivity contribution < 1.29 is 17.6 Å². The number of nitrogens with zero attached hydrogens (tertiary/aromatic N) is 1. The van der Waals surface area contributed by atoms with Crippen LogP contribution in [0.25, 0.3) is 22.0 Å². The second kappa shape index (κ2) is 8.32. The number of hydrogen-bond donors (Lipinski definition) is 2. The minimum absolute atomic E-state index is 0.0374. The maximum atomic E-state index is 14.9. The van der Waals surface area contributed by atoms with E-state index in [1.165, 1.54) is 6.20 Å². The molecule has 0 unspecified atom stereocenters. The van der Waals surface area contributed by atoms with E-state index in [1.54, 1.807) is 47.9 Å². The Morgan fingerprint density at radius 3 is 2.58 bits per heavy atom. The van der Waals surface area contributed by atoms with Gasteiger partial charge in [-0.1, -0.05) is 29.8 Å². The number of H-pyrrole nitrogens is 1. The molecule has 2 N–H and O–H groups in total. The molecule has 9 heteroatoms. The summed E-state index contributed by atoms with van der Waals surface area (Å²) in [5.41, 5.74) is 2.23. The fraction of sp³-hybridized carbons (Fsp3) is 0.167. The molecule has 33 heavy (non-hydrogen) atoms. The molecule has 0 saturated carbocycles. The van der Waals surface area contributed by atoms with E-state index >= 15 is 0 Å². The fourth-order valence-electron chi connectivity index (χ4n) is 3.98. The summed E-state index contributed by atoms with van der Waals surface area (Å²) in [5, 5.41) is 0.582. The van der Waals surface area contributed by atoms with Gasteiger partial charge >= 0.3 is 0 Å². The van der Waals surface area contributed by atoms with Gasteiger partial charge in [-0.15, -0.1) is 0 Å². The minimum Gasteiger partial charge on any atom is -0.331 e. The second-order valence-corrected chi connectivity index (χ2v) is 9.74. The van der Waals surface area contributed by atoms with Crippen molar-refractivity contribution in [2.75, 3.05) is 6.26 Å². The van der Waals surface area contributed by atoms with Gasteiger partial charge in [-0.25, -0.2) is 17.5 Å². The van der Waals surface area contributed by atoms with Gasteiger partial charge in [0.25, 0.3) is 11.5 Å². The number of carbonyl (C=O) groups is 1. The van der Waals surface area contributed by atoms with Crippen molar-refractivity contribution in [3.8, 4) is 11.1 Å². The number of halogens is 1. The number of aromatic amines is 1. The summed E-state index contributed by atoms with van der Waals surface area (Å²) in [6.07, 6.45) is 2.34. The first-order valence-electron chi connectivity index (χ1n) is 10.1. The van der Waals surface area contributed by atoms with E-state index in [2.05, 4.69) is 4.98 Å². The molecule has 4 rings (SSSR count). The molecule has 1 amide bonds. The average molecular weight is 468 g/mol. The number of benzene rings is 2. The van der Waals surface area contributed by atoms with E-state index in [0.29, 0.717) is 22.0 Å². The Hall–Kier alpha value is -3.72. The number of hydrogen-bond acceptors (Lipinski definition) is 4. The van der Waals surface area contributed by atoms with E-state index in [1.807, 2.05) is 23.8 Å². The van der Waals surface area contributed by atoms with Crippen molar-refractivity contribution in [2.45, 2.75) is 20.4 Å². The maximum Gasteiger partial charge on any atom is 0.282 e. The third kappa shape index (κ3) is 4.31. The second-order valence-electron chi connectivity index (χ2n) is 7.99. The summed E-state index contributed by atoms with van der Waals surface area (Å²) in [6, 6.07) is 13.6. The van der Waals surface area contributed by atoms with Crippen molar-refractivity contribution in [3.63, 3.8) is 0 Å². The van der Waals surface area contributed by atoms with E-state index in [-0.39, 0.29) is 23.4 Å². The molecule has 170 valence electrons. The van der Waals surface area contributed by atoms with Crippen LogP contribution in [-0.4, -0.2) is 30.1 Å². The molecule has 2 heterocycles. The zero-order chi connectivity index (χ0) is 23.9. The van der Waals surface area contributed by atoms with Crippen molar-refractivity contribution >= 4 is 26.8 Å². The van der Waals surface area contributed by atoms with Gasteiger partial charge in [-0.05, 0) is 43.7 Å². The lowest BCUT2D eigenvalue weighted by molar-refractivity contribution is 0.0974. The predicted octanol–water partition coefficient (Wildman–Crippen LogP) is 3.49. The Morgan fingerprint density at radius 1 is 1.12 bits per heavy atom. The van der Waals surface area contributed by atoms with Crippen LogP contribution in [0, 0.1) is 19.7 Å². The lowest BCUT2D eigenvalue weighted by Gasteiger charge is -2.13. The van der Waals surface area contributed by atoms with Gasteiger partial charge in [0.1, 0.15) is 11.5 Å². The molecular weight excluding hydrogens is 445 g/mol. The summed E-state index contributed by atoms with van der Waals surface area (Å²) in [7, 11) is -3.90. The highest BCUT2D eigenvalue weighted by Crippen LogP contribution is 2.35. The zero-order valence-corrected chi connectivity index (χ0v) is 19.1. The number of rotatable bonds is 5. The number of fused-ring (bicyclic) bond motifs is 1. The Morgan fingerprint density at radius 2 is 1.88 bits per heavy atom. The van der Waals surface area contributed by atoms with Crippen LogP contribution in [0.4, 0.5) is 4.39 Å². The van der Waals surface area contributed by atoms with Gasteiger partial charge in [0.15, 0.2) is 0 Å². The summed E-state index contributed by atoms with van der Waals surface area (Å²) in [6.45, 7) is 3.47. The molecule has 0 atom stereocenters. The molecule has 2 aromatic heterocycles. The standard InChI is InChI=1S/C24H22FN3O4S/c1-14-9-10-19-18(12-14)20(17-8-5-11-26-23(17)29)22(24(30)27-33(3,31)32)28(19)13-16-7-4-6-15(2)21(16)25/h4-12H,13H2,1-3H3,(H,26,29)(H,27,30). The summed E-state index contributed by atoms with van der Waals surface area (Å²) < 4.78 is 42.2. The van der Waals surface area contributed by atoms with Crippen LogP contribution in [-0.2, 0) is 16.6 Å². The molecule has 0 radical (unpaired) electrons. The topological polar surface area (TPSA) is 101 Å². The zero-order valence-electron chi connectivity index (χ0n) is 18.3. The van der Waals surface area contributed by atoms with Crippen molar-refractivity contribution in [3.05, 3.63) is 93.3 Å². The third-order valence-corrected chi connectivity index (χ3v) is 5.96. The lowest BCUT2D eigenvalue weighted by Crippen LogP contribution is -2.32. The molecule has 0 aliphatic heterocycles. The number of sulfonamides is 1. The lowest BCUT2D eigenvalue weighted by atomic mass is 10.0. The predicted molar refractivity (Wildman–Crippen MR) is 125 cm³/mol. The number of pyridine rings is 1. The Balaban J connectivity index is 2.11. The van der Waals surface area contributed by atoms with Crippen LogP contribution in [0.2, 0.25) is 0 Å². The highest BCUT2D eigenvalue weighted by molar-refractivity contribution is 7.89. The van der Waals surface area contributed by atoms with E-state index in [0.717, 1.165) is 11.8 Å². The summed E-state index contributed by atoms with van der Waals surface area (Å²) >= 11 is 0. The Kier molecular flexibility index (Phi) is 5.67. The monoisotopic (exact) mass is 467 g/mol. The van der Waals surface area contributed by atoms with Crippen LogP contribution < -0.4 is 10.3 Å². The molecule has 2 aromatic carbocycles. The number of aryl methyl sites for hydroxylation is 2. The molecule has 0 aliphatic carbocycles. The highest BCUT2D eigenvalue weighted by Gasteiger charge is 2.27.